The summed E-state index contributed by atoms with van der Waals surface area (Å²) in [5.41, 5.74) is 2.70. The van der Waals surface area contributed by atoms with Gasteiger partial charge in [-0.3, -0.25) is 4.79 Å². The van der Waals surface area contributed by atoms with Crippen LogP contribution in [-0.4, -0.2) is 55.2 Å². The van der Waals surface area contributed by atoms with Crippen LogP contribution < -0.4 is 19.5 Å². The lowest BCUT2D eigenvalue weighted by Crippen LogP contribution is -2.12. The number of nitrogens with zero attached hydrogens (tertiary/aromatic N) is 3. The molecule has 0 aliphatic carbocycles. The molecule has 180 valence electrons. The molecule has 1 N–H and O–H groups in total. The number of carbonyl (C=O) groups excluding carboxylic acids is 1. The molecule has 0 unspecified atom stereocenters. The van der Waals surface area contributed by atoms with Gasteiger partial charge in [0, 0.05) is 23.9 Å². The second kappa shape index (κ2) is 11.2. The maximum atomic E-state index is 12.6. The van der Waals surface area contributed by atoms with Gasteiger partial charge >= 0.3 is 6.01 Å². The summed E-state index contributed by atoms with van der Waals surface area (Å²) in [7, 11) is 4.78. The molecule has 35 heavy (non-hydrogen) atoms. The molecule has 0 saturated heterocycles. The van der Waals surface area contributed by atoms with E-state index in [1.807, 2.05) is 36.4 Å². The Morgan fingerprint density at radius 3 is 2.31 bits per heavy atom. The van der Waals surface area contributed by atoms with Crippen LogP contribution in [0.25, 0.3) is 17.1 Å². The first-order valence-electron chi connectivity index (χ1n) is 10.9. The van der Waals surface area contributed by atoms with E-state index in [-0.39, 0.29) is 11.9 Å². The zero-order valence-corrected chi connectivity index (χ0v) is 19.7. The van der Waals surface area contributed by atoms with Gasteiger partial charge < -0.3 is 24.3 Å². The van der Waals surface area contributed by atoms with E-state index in [2.05, 4.69) is 15.4 Å². The normalized spacial score (nSPS) is 10.6. The average Bonchev–Trinajstić information content (AvgIpc) is 3.33. The fourth-order valence-electron chi connectivity index (χ4n) is 3.35. The number of amides is 1. The molecule has 0 bridgehead atoms. The topological polar surface area (TPSA) is 96.7 Å². The minimum Gasteiger partial charge on any atom is -0.497 e. The Morgan fingerprint density at radius 2 is 1.60 bits per heavy atom. The number of carbonyl (C=O) groups is 1. The summed E-state index contributed by atoms with van der Waals surface area (Å²) < 4.78 is 22.9. The van der Waals surface area contributed by atoms with Crippen LogP contribution >= 0.6 is 0 Å². The standard InChI is InChI=1S/C26H26N4O5/c1-32-14-15-35-26-28-24(18-6-4-8-22(16-18)33-2)30(29-26)21-12-10-20(11-13-21)27-25(31)19-7-5-9-23(17-19)34-3/h4-13,16-17H,14-15H2,1-3H3,(H,27,31). The van der Waals surface area contributed by atoms with Crippen LogP contribution in [0.1, 0.15) is 10.4 Å². The molecule has 4 aromatic rings. The first-order chi connectivity index (χ1) is 17.1. The van der Waals surface area contributed by atoms with Crippen molar-refractivity contribution in [3.8, 4) is 34.6 Å². The third-order valence-corrected chi connectivity index (χ3v) is 5.14. The van der Waals surface area contributed by atoms with Crippen LogP contribution in [0.5, 0.6) is 17.5 Å². The van der Waals surface area contributed by atoms with Crippen molar-refractivity contribution in [1.29, 1.82) is 0 Å². The van der Waals surface area contributed by atoms with Gasteiger partial charge in [0.15, 0.2) is 5.82 Å². The van der Waals surface area contributed by atoms with E-state index in [9.17, 15) is 4.79 Å². The van der Waals surface area contributed by atoms with E-state index in [1.54, 1.807) is 62.4 Å². The Balaban J connectivity index is 1.60. The molecule has 1 aromatic heterocycles. The Labute approximate surface area is 203 Å². The number of methoxy groups -OCH3 is 3. The highest BCUT2D eigenvalue weighted by Gasteiger charge is 2.16. The minimum atomic E-state index is -0.233. The molecule has 0 atom stereocenters. The molecule has 1 amide bonds. The van der Waals surface area contributed by atoms with Gasteiger partial charge in [-0.25, -0.2) is 4.68 Å². The summed E-state index contributed by atoms with van der Waals surface area (Å²) in [6, 6.07) is 22.0. The summed E-state index contributed by atoms with van der Waals surface area (Å²) in [5, 5.41) is 7.42. The van der Waals surface area contributed by atoms with Gasteiger partial charge in [0.05, 0.1) is 26.5 Å². The summed E-state index contributed by atoms with van der Waals surface area (Å²) in [6.45, 7) is 0.748. The summed E-state index contributed by atoms with van der Waals surface area (Å²) in [5.74, 6) is 1.68. The van der Waals surface area contributed by atoms with E-state index >= 15 is 0 Å². The van der Waals surface area contributed by atoms with Gasteiger partial charge in [-0.15, -0.1) is 5.10 Å². The number of aromatic nitrogens is 3. The van der Waals surface area contributed by atoms with Gasteiger partial charge in [-0.2, -0.15) is 4.98 Å². The zero-order chi connectivity index (χ0) is 24.6. The van der Waals surface area contributed by atoms with Gasteiger partial charge in [0.1, 0.15) is 18.1 Å². The largest absolute Gasteiger partial charge is 0.497 e. The lowest BCUT2D eigenvalue weighted by atomic mass is 10.2. The van der Waals surface area contributed by atoms with Gasteiger partial charge in [-0.1, -0.05) is 18.2 Å². The molecule has 0 spiro atoms. The fourth-order valence-corrected chi connectivity index (χ4v) is 3.35. The number of nitrogens with one attached hydrogen (secondary N) is 1. The monoisotopic (exact) mass is 474 g/mol. The molecule has 3 aromatic carbocycles. The first-order valence-corrected chi connectivity index (χ1v) is 10.9. The molecule has 0 aliphatic heterocycles. The van der Waals surface area contributed by atoms with Crippen molar-refractivity contribution in [2.45, 2.75) is 0 Å². The molecule has 9 heteroatoms. The predicted octanol–water partition coefficient (Wildman–Crippen LogP) is 4.23. The lowest BCUT2D eigenvalue weighted by Gasteiger charge is -2.09. The van der Waals surface area contributed by atoms with Crippen LogP contribution in [0.15, 0.2) is 72.8 Å². The van der Waals surface area contributed by atoms with Crippen LogP contribution in [0, 0.1) is 0 Å². The summed E-state index contributed by atoms with van der Waals surface area (Å²) in [6.07, 6.45) is 0. The third kappa shape index (κ3) is 5.77. The maximum Gasteiger partial charge on any atom is 0.336 e. The quantitative estimate of drug-likeness (QED) is 0.344. The Hall–Kier alpha value is -4.37. The van der Waals surface area contributed by atoms with Crippen molar-refractivity contribution in [3.63, 3.8) is 0 Å². The van der Waals surface area contributed by atoms with Crippen LogP contribution in [-0.2, 0) is 4.74 Å². The van der Waals surface area contributed by atoms with E-state index in [0.29, 0.717) is 41.8 Å². The first kappa shape index (κ1) is 23.8. The van der Waals surface area contributed by atoms with E-state index in [1.165, 1.54) is 0 Å². The van der Waals surface area contributed by atoms with Crippen LogP contribution in [0.2, 0.25) is 0 Å². The number of rotatable bonds is 10. The molecule has 0 saturated carbocycles. The fraction of sp³-hybridized carbons (Fsp3) is 0.192. The van der Waals surface area contributed by atoms with Gasteiger partial charge in [0.25, 0.3) is 5.91 Å². The van der Waals surface area contributed by atoms with Gasteiger partial charge in [0.2, 0.25) is 0 Å². The molecule has 0 aliphatic rings. The SMILES string of the molecule is COCCOc1nc(-c2cccc(OC)c2)n(-c2ccc(NC(=O)c3cccc(OC)c3)cc2)n1. The van der Waals surface area contributed by atoms with E-state index < -0.39 is 0 Å². The number of ether oxygens (including phenoxy) is 4. The van der Waals surface area contributed by atoms with Crippen molar-refractivity contribution >= 4 is 11.6 Å². The van der Waals surface area contributed by atoms with Gasteiger partial charge in [-0.05, 0) is 54.6 Å². The summed E-state index contributed by atoms with van der Waals surface area (Å²) in [4.78, 5) is 17.2. The van der Waals surface area contributed by atoms with E-state index in [0.717, 1.165) is 11.3 Å². The predicted molar refractivity (Wildman–Crippen MR) is 132 cm³/mol. The number of hydrogen-bond acceptors (Lipinski definition) is 7. The minimum absolute atomic E-state index is 0.232. The van der Waals surface area contributed by atoms with Crippen molar-refractivity contribution in [3.05, 3.63) is 78.4 Å². The Bertz CT molecular complexity index is 1290. The second-order valence-electron chi connectivity index (χ2n) is 7.44. The average molecular weight is 475 g/mol. The van der Waals surface area contributed by atoms with Crippen molar-refractivity contribution in [2.75, 3.05) is 39.9 Å². The highest BCUT2D eigenvalue weighted by molar-refractivity contribution is 6.04. The molecular weight excluding hydrogens is 448 g/mol. The number of hydrogen-bond donors (Lipinski definition) is 1. The van der Waals surface area contributed by atoms with Crippen molar-refractivity contribution in [2.24, 2.45) is 0 Å². The number of anilines is 1. The highest BCUT2D eigenvalue weighted by Crippen LogP contribution is 2.27. The zero-order valence-electron chi connectivity index (χ0n) is 19.7. The molecular formula is C26H26N4O5. The molecule has 1 heterocycles. The molecule has 0 fully saturated rings. The second-order valence-corrected chi connectivity index (χ2v) is 7.44. The highest BCUT2D eigenvalue weighted by atomic mass is 16.5. The molecule has 0 radical (unpaired) electrons. The van der Waals surface area contributed by atoms with Crippen LogP contribution in [0.3, 0.4) is 0 Å². The Kier molecular flexibility index (Phi) is 7.59. The van der Waals surface area contributed by atoms with Crippen LogP contribution in [0.4, 0.5) is 5.69 Å². The lowest BCUT2D eigenvalue weighted by molar-refractivity contribution is 0.102. The summed E-state index contributed by atoms with van der Waals surface area (Å²) >= 11 is 0. The smallest absolute Gasteiger partial charge is 0.336 e. The van der Waals surface area contributed by atoms with Crippen molar-refractivity contribution in [1.82, 2.24) is 14.8 Å². The van der Waals surface area contributed by atoms with E-state index in [4.69, 9.17) is 18.9 Å². The maximum absolute atomic E-state index is 12.6. The molecule has 9 nitrogen and oxygen atoms in total. The van der Waals surface area contributed by atoms with Crippen molar-refractivity contribution < 1.29 is 23.7 Å². The Morgan fingerprint density at radius 1 is 0.886 bits per heavy atom. The molecule has 4 rings (SSSR count). The third-order valence-electron chi connectivity index (χ3n) is 5.14. The number of benzene rings is 3.